The third-order valence-corrected chi connectivity index (χ3v) is 2.83. The van der Waals surface area contributed by atoms with E-state index in [-0.39, 0.29) is 16.7 Å². The van der Waals surface area contributed by atoms with Gasteiger partial charge in [0.2, 0.25) is 0 Å². The van der Waals surface area contributed by atoms with Gasteiger partial charge in [0, 0.05) is 11.8 Å². The van der Waals surface area contributed by atoms with E-state index >= 15 is 0 Å². The van der Waals surface area contributed by atoms with Crippen LogP contribution in [0.1, 0.15) is 20.3 Å². The second kappa shape index (κ2) is 3.02. The molecule has 0 aromatic carbocycles. The lowest BCUT2D eigenvalue weighted by Crippen LogP contribution is -2.31. The highest BCUT2D eigenvalue weighted by Gasteiger charge is 2.35. The molecule has 1 aliphatic rings. The van der Waals surface area contributed by atoms with Crippen molar-refractivity contribution in [1.29, 1.82) is 0 Å². The van der Waals surface area contributed by atoms with Crippen LogP contribution in [0.4, 0.5) is 0 Å². The Morgan fingerprint density at radius 1 is 1.75 bits per heavy atom. The molecule has 1 rings (SSSR count). The maximum absolute atomic E-state index is 11.1. The molecule has 0 aliphatic heterocycles. The van der Waals surface area contributed by atoms with Gasteiger partial charge in [0.15, 0.2) is 5.78 Å². The summed E-state index contributed by atoms with van der Waals surface area (Å²) in [6.45, 7) is 3.67. The van der Waals surface area contributed by atoms with Crippen LogP contribution < -0.4 is 0 Å². The lowest BCUT2D eigenvalue weighted by molar-refractivity contribution is -0.120. The Morgan fingerprint density at radius 2 is 2.33 bits per heavy atom. The number of Topliss-reactive ketones (excluding diaryl/α,β-unsaturated/α-hetero) is 1. The average molecular weight is 187 g/mol. The molecule has 3 heteroatoms. The minimum atomic E-state index is -0.564. The number of halogens is 1. The third kappa shape index (κ3) is 1.44. The summed E-state index contributed by atoms with van der Waals surface area (Å²) in [6, 6.07) is 0. The predicted octanol–water partition coefficient (Wildman–Crippen LogP) is 1.92. The lowest BCUT2D eigenvalue weighted by Gasteiger charge is -2.30. The molecule has 66 valence electrons. The van der Waals surface area contributed by atoms with Crippen molar-refractivity contribution in [2.24, 2.45) is 11.3 Å². The molecule has 12 heavy (non-hydrogen) atoms. The third-order valence-electron chi connectivity index (χ3n) is 2.51. The van der Waals surface area contributed by atoms with Gasteiger partial charge in [-0.15, -0.1) is 0 Å². The first-order valence-corrected chi connectivity index (χ1v) is 4.25. The highest BCUT2D eigenvalue weighted by Crippen LogP contribution is 2.36. The van der Waals surface area contributed by atoms with Gasteiger partial charge in [0.25, 0.3) is 0 Å². The van der Waals surface area contributed by atoms with Crippen LogP contribution in [-0.4, -0.2) is 12.1 Å². The summed E-state index contributed by atoms with van der Waals surface area (Å²) in [5.41, 5.74) is -0.564. The Hall–Kier alpha value is -0.630. The van der Waals surface area contributed by atoms with Gasteiger partial charge >= 0.3 is 0 Å². The summed E-state index contributed by atoms with van der Waals surface area (Å²) in [4.78, 5) is 21.8. The minimum absolute atomic E-state index is 0.0463. The van der Waals surface area contributed by atoms with E-state index in [1.165, 1.54) is 0 Å². The van der Waals surface area contributed by atoms with E-state index in [1.807, 2.05) is 6.92 Å². The van der Waals surface area contributed by atoms with E-state index < -0.39 is 5.41 Å². The van der Waals surface area contributed by atoms with Crippen LogP contribution in [0.15, 0.2) is 11.1 Å². The van der Waals surface area contributed by atoms with Gasteiger partial charge in [-0.2, -0.15) is 0 Å². The number of carbonyl (C=O) groups is 2. The monoisotopic (exact) mass is 186 g/mol. The van der Waals surface area contributed by atoms with Crippen LogP contribution in [0.25, 0.3) is 0 Å². The Kier molecular flexibility index (Phi) is 2.38. The Morgan fingerprint density at radius 3 is 2.83 bits per heavy atom. The van der Waals surface area contributed by atoms with E-state index in [0.29, 0.717) is 6.42 Å². The van der Waals surface area contributed by atoms with Crippen LogP contribution in [0, 0.1) is 11.3 Å². The van der Waals surface area contributed by atoms with Gasteiger partial charge in [0.1, 0.15) is 6.29 Å². The molecule has 0 fully saturated rings. The Bertz CT molecular complexity index is 257. The van der Waals surface area contributed by atoms with Crippen molar-refractivity contribution < 1.29 is 9.59 Å². The summed E-state index contributed by atoms with van der Waals surface area (Å²) in [6.07, 6.45) is 2.77. The second-order valence-corrected chi connectivity index (χ2v) is 3.91. The average Bonchev–Trinajstić information content (AvgIpc) is 2.01. The molecule has 0 bridgehead atoms. The number of allylic oxidation sites excluding steroid dienone is 2. The molecule has 1 aliphatic carbocycles. The molecular formula is C9H11ClO2. The van der Waals surface area contributed by atoms with E-state index in [9.17, 15) is 9.59 Å². The minimum Gasteiger partial charge on any atom is -0.302 e. The number of carbonyl (C=O) groups excluding carboxylic acids is 2. The molecule has 0 saturated heterocycles. The van der Waals surface area contributed by atoms with Crippen LogP contribution in [-0.2, 0) is 9.59 Å². The first-order chi connectivity index (χ1) is 5.49. The molecule has 0 aromatic heterocycles. The molecule has 0 radical (unpaired) electrons. The Labute approximate surface area is 76.6 Å². The van der Waals surface area contributed by atoms with Gasteiger partial charge in [-0.3, -0.25) is 4.79 Å². The van der Waals surface area contributed by atoms with Crippen molar-refractivity contribution in [1.82, 2.24) is 0 Å². The summed E-state index contributed by atoms with van der Waals surface area (Å²) < 4.78 is 0. The summed E-state index contributed by atoms with van der Waals surface area (Å²) in [5.74, 6) is -0.0199. The normalized spacial score (nSPS) is 36.1. The van der Waals surface area contributed by atoms with Gasteiger partial charge < -0.3 is 4.79 Å². The van der Waals surface area contributed by atoms with Crippen LogP contribution in [0.3, 0.4) is 0 Å². The smallest absolute Gasteiger partial charge is 0.174 e. The van der Waals surface area contributed by atoms with E-state index in [4.69, 9.17) is 11.6 Å². The quantitative estimate of drug-likeness (QED) is 0.587. The number of hydrogen-bond acceptors (Lipinski definition) is 2. The van der Waals surface area contributed by atoms with Gasteiger partial charge in [-0.1, -0.05) is 18.5 Å². The highest BCUT2D eigenvalue weighted by atomic mass is 35.5. The summed E-state index contributed by atoms with van der Waals surface area (Å²) >= 11 is 5.65. The SMILES string of the molecule is CC1CC(=O)C(Cl)=CC1(C)C=O. The first kappa shape index (κ1) is 9.46. The van der Waals surface area contributed by atoms with Crippen molar-refractivity contribution in [3.05, 3.63) is 11.1 Å². The van der Waals surface area contributed by atoms with Crippen molar-refractivity contribution in [3.63, 3.8) is 0 Å². The van der Waals surface area contributed by atoms with Crippen molar-refractivity contribution in [3.8, 4) is 0 Å². The van der Waals surface area contributed by atoms with Crippen molar-refractivity contribution in [2.75, 3.05) is 0 Å². The molecule has 2 atom stereocenters. The van der Waals surface area contributed by atoms with Crippen LogP contribution in [0.5, 0.6) is 0 Å². The van der Waals surface area contributed by atoms with Crippen LogP contribution >= 0.6 is 11.6 Å². The zero-order valence-corrected chi connectivity index (χ0v) is 7.89. The predicted molar refractivity (Wildman–Crippen MR) is 46.9 cm³/mol. The molecule has 0 N–H and O–H groups in total. The molecule has 2 nitrogen and oxygen atoms in total. The zero-order valence-electron chi connectivity index (χ0n) is 7.13. The summed E-state index contributed by atoms with van der Waals surface area (Å²) in [7, 11) is 0. The molecular weight excluding hydrogens is 176 g/mol. The second-order valence-electron chi connectivity index (χ2n) is 3.50. The lowest BCUT2D eigenvalue weighted by atomic mass is 9.73. The largest absolute Gasteiger partial charge is 0.302 e. The fourth-order valence-corrected chi connectivity index (χ4v) is 1.55. The highest BCUT2D eigenvalue weighted by molar-refractivity contribution is 6.42. The van der Waals surface area contributed by atoms with Crippen molar-refractivity contribution >= 4 is 23.7 Å². The van der Waals surface area contributed by atoms with Crippen molar-refractivity contribution in [2.45, 2.75) is 20.3 Å². The standard InChI is InChI=1S/C9H11ClO2/c1-6-3-8(12)7(10)4-9(6,2)5-11/h4-6H,3H2,1-2H3. The van der Waals surface area contributed by atoms with Gasteiger partial charge in [-0.05, 0) is 18.9 Å². The van der Waals surface area contributed by atoms with E-state index in [0.717, 1.165) is 6.29 Å². The molecule has 0 amide bonds. The fourth-order valence-electron chi connectivity index (χ4n) is 1.24. The maximum atomic E-state index is 11.1. The Balaban J connectivity index is 3.05. The van der Waals surface area contributed by atoms with Gasteiger partial charge in [0.05, 0.1) is 5.03 Å². The molecule has 0 aromatic rings. The molecule has 2 unspecified atom stereocenters. The number of ketones is 1. The first-order valence-electron chi connectivity index (χ1n) is 3.87. The van der Waals surface area contributed by atoms with E-state index in [1.54, 1.807) is 13.0 Å². The number of rotatable bonds is 1. The topological polar surface area (TPSA) is 34.1 Å². The van der Waals surface area contributed by atoms with Crippen LogP contribution in [0.2, 0.25) is 0 Å². The summed E-state index contributed by atoms with van der Waals surface area (Å²) in [5, 5.41) is 0.197. The zero-order chi connectivity index (χ0) is 9.35. The molecule has 0 saturated carbocycles. The molecule has 0 spiro atoms. The maximum Gasteiger partial charge on any atom is 0.174 e. The number of hydrogen-bond donors (Lipinski definition) is 0. The van der Waals surface area contributed by atoms with E-state index in [2.05, 4.69) is 0 Å². The number of aldehydes is 1. The fraction of sp³-hybridized carbons (Fsp3) is 0.556. The van der Waals surface area contributed by atoms with Gasteiger partial charge in [-0.25, -0.2) is 0 Å². The molecule has 0 heterocycles.